The average molecular weight is 472 g/mol. The van der Waals surface area contributed by atoms with Crippen molar-refractivity contribution in [3.8, 4) is 11.3 Å². The number of amides is 1. The molecule has 0 radical (unpaired) electrons. The Morgan fingerprint density at radius 3 is 2.77 bits per heavy atom. The highest BCUT2D eigenvalue weighted by Gasteiger charge is 2.22. The number of rotatable bonds is 5. The third kappa shape index (κ3) is 4.74. The Labute approximate surface area is 204 Å². The summed E-state index contributed by atoms with van der Waals surface area (Å²) in [7, 11) is 0. The molecular formula is C27H29N5O3. The fourth-order valence-corrected chi connectivity index (χ4v) is 4.15. The van der Waals surface area contributed by atoms with Gasteiger partial charge in [-0.05, 0) is 47.7 Å². The molecule has 0 atom stereocenters. The highest BCUT2D eigenvalue weighted by atomic mass is 16.5. The van der Waals surface area contributed by atoms with Crippen LogP contribution < -0.4 is 5.32 Å². The van der Waals surface area contributed by atoms with E-state index in [0.29, 0.717) is 19.0 Å². The van der Waals surface area contributed by atoms with Crippen molar-refractivity contribution in [3.05, 3.63) is 77.4 Å². The van der Waals surface area contributed by atoms with Crippen molar-refractivity contribution >= 4 is 17.0 Å². The summed E-state index contributed by atoms with van der Waals surface area (Å²) in [5.41, 5.74) is 7.37. The van der Waals surface area contributed by atoms with Gasteiger partial charge >= 0.3 is 0 Å². The number of fused-ring (bicyclic) bond motifs is 1. The first-order chi connectivity index (χ1) is 16.8. The number of aryl methyl sites for hydroxylation is 1. The van der Waals surface area contributed by atoms with Crippen LogP contribution in [-0.2, 0) is 16.7 Å². The molecule has 1 aliphatic rings. The largest absolute Gasteiger partial charge is 0.448 e. The second kappa shape index (κ2) is 9.11. The van der Waals surface area contributed by atoms with Crippen molar-refractivity contribution in [2.24, 2.45) is 0 Å². The monoisotopic (exact) mass is 471 g/mol. The minimum Gasteiger partial charge on any atom is -0.448 e. The van der Waals surface area contributed by atoms with Crippen LogP contribution in [0.25, 0.3) is 22.3 Å². The van der Waals surface area contributed by atoms with Crippen LogP contribution in [-0.4, -0.2) is 38.7 Å². The van der Waals surface area contributed by atoms with Gasteiger partial charge in [-0.15, -0.1) is 0 Å². The molecule has 0 bridgehead atoms. The number of ether oxygens (including phenoxy) is 1. The summed E-state index contributed by atoms with van der Waals surface area (Å²) >= 11 is 0. The third-order valence-electron chi connectivity index (χ3n) is 6.17. The van der Waals surface area contributed by atoms with Gasteiger partial charge in [0.25, 0.3) is 5.91 Å². The molecule has 1 aliphatic heterocycles. The molecule has 0 aliphatic carbocycles. The number of nitrogens with one attached hydrogen (secondary N) is 1. The Bertz CT molecular complexity index is 1420. The van der Waals surface area contributed by atoms with E-state index in [1.165, 1.54) is 11.8 Å². The SMILES string of the molecule is Cc1cc(-c2ncnn3cc(C4=CCOCC4)cc23)ccc1CNC(=O)c1coc(C(C)(C)C)n1. The van der Waals surface area contributed by atoms with Crippen molar-refractivity contribution in [2.45, 2.75) is 46.1 Å². The predicted octanol–water partition coefficient (Wildman–Crippen LogP) is 4.72. The van der Waals surface area contributed by atoms with Crippen LogP contribution >= 0.6 is 0 Å². The summed E-state index contributed by atoms with van der Waals surface area (Å²) in [5.74, 6) is 0.286. The summed E-state index contributed by atoms with van der Waals surface area (Å²) in [4.78, 5) is 21.5. The van der Waals surface area contributed by atoms with Gasteiger partial charge in [0.1, 0.15) is 12.6 Å². The lowest BCUT2D eigenvalue weighted by atomic mass is 9.97. The molecule has 35 heavy (non-hydrogen) atoms. The van der Waals surface area contributed by atoms with Gasteiger partial charge in [-0.2, -0.15) is 5.10 Å². The normalized spacial score (nSPS) is 14.2. The molecule has 4 aromatic rings. The van der Waals surface area contributed by atoms with Crippen LogP contribution in [0.15, 0.2) is 53.5 Å². The molecule has 0 spiro atoms. The van der Waals surface area contributed by atoms with Crippen molar-refractivity contribution < 1.29 is 13.9 Å². The molecule has 1 amide bonds. The Kier molecular flexibility index (Phi) is 5.98. The number of oxazole rings is 1. The highest BCUT2D eigenvalue weighted by Crippen LogP contribution is 2.29. The number of hydrogen-bond donors (Lipinski definition) is 1. The number of carbonyl (C=O) groups is 1. The van der Waals surface area contributed by atoms with Crippen LogP contribution in [0.2, 0.25) is 0 Å². The Balaban J connectivity index is 1.34. The van der Waals surface area contributed by atoms with Crippen LogP contribution in [0.1, 0.15) is 60.3 Å². The molecule has 1 aromatic carbocycles. The Morgan fingerprint density at radius 2 is 2.06 bits per heavy atom. The minimum absolute atomic E-state index is 0.250. The maximum Gasteiger partial charge on any atom is 0.273 e. The van der Waals surface area contributed by atoms with Crippen LogP contribution in [0.4, 0.5) is 0 Å². The fourth-order valence-electron chi connectivity index (χ4n) is 4.15. The predicted molar refractivity (Wildman–Crippen MR) is 133 cm³/mol. The van der Waals surface area contributed by atoms with E-state index in [1.807, 2.05) is 50.5 Å². The zero-order valence-corrected chi connectivity index (χ0v) is 20.5. The first-order valence-corrected chi connectivity index (χ1v) is 11.7. The lowest BCUT2D eigenvalue weighted by Gasteiger charge is -2.12. The lowest BCUT2D eigenvalue weighted by Crippen LogP contribution is -2.24. The molecule has 1 N–H and O–H groups in total. The summed E-state index contributed by atoms with van der Waals surface area (Å²) in [6.07, 6.45) is 8.06. The molecule has 4 heterocycles. The van der Waals surface area contributed by atoms with Crippen LogP contribution in [0.5, 0.6) is 0 Å². The summed E-state index contributed by atoms with van der Waals surface area (Å²) in [6.45, 7) is 9.80. The molecule has 0 fully saturated rings. The number of aromatic nitrogens is 4. The minimum atomic E-state index is -0.256. The molecule has 8 heteroatoms. The molecule has 180 valence electrons. The van der Waals surface area contributed by atoms with E-state index in [-0.39, 0.29) is 17.0 Å². The van der Waals surface area contributed by atoms with Crippen LogP contribution in [0.3, 0.4) is 0 Å². The van der Waals surface area contributed by atoms with E-state index < -0.39 is 0 Å². The van der Waals surface area contributed by atoms with Gasteiger partial charge < -0.3 is 14.5 Å². The van der Waals surface area contributed by atoms with Gasteiger partial charge in [-0.3, -0.25) is 4.79 Å². The Hall–Kier alpha value is -3.78. The summed E-state index contributed by atoms with van der Waals surface area (Å²) in [5, 5.41) is 7.35. The van der Waals surface area contributed by atoms with Gasteiger partial charge in [0, 0.05) is 23.7 Å². The molecular weight excluding hydrogens is 442 g/mol. The van der Waals surface area contributed by atoms with Crippen molar-refractivity contribution in [3.63, 3.8) is 0 Å². The second-order valence-electron chi connectivity index (χ2n) is 9.83. The first kappa shape index (κ1) is 23.0. The molecule has 0 unspecified atom stereocenters. The van der Waals surface area contributed by atoms with E-state index in [0.717, 1.165) is 46.5 Å². The van der Waals surface area contributed by atoms with E-state index in [2.05, 4.69) is 38.6 Å². The van der Waals surface area contributed by atoms with Crippen LogP contribution in [0, 0.1) is 6.92 Å². The number of carbonyl (C=O) groups excluding carboxylic acids is 1. The van der Waals surface area contributed by atoms with Gasteiger partial charge in [-0.1, -0.05) is 39.0 Å². The van der Waals surface area contributed by atoms with Gasteiger partial charge in [0.2, 0.25) is 0 Å². The zero-order valence-electron chi connectivity index (χ0n) is 20.5. The van der Waals surface area contributed by atoms with Crippen molar-refractivity contribution in [1.82, 2.24) is 24.9 Å². The molecule has 3 aromatic heterocycles. The first-order valence-electron chi connectivity index (χ1n) is 11.7. The average Bonchev–Trinajstić information content (AvgIpc) is 3.51. The van der Waals surface area contributed by atoms with E-state index in [4.69, 9.17) is 9.15 Å². The quantitative estimate of drug-likeness (QED) is 0.452. The Morgan fingerprint density at radius 1 is 1.20 bits per heavy atom. The number of benzene rings is 1. The van der Waals surface area contributed by atoms with Crippen molar-refractivity contribution in [1.29, 1.82) is 0 Å². The standard InChI is InChI=1S/C27H29N5O3/c1-17-11-19(5-6-20(17)13-28-25(33)22-15-35-26(31-22)27(2,3)4)24-23-12-21(14-32(23)30-16-29-24)18-7-9-34-10-8-18/h5-7,11-12,14-16H,8-10,13H2,1-4H3,(H,28,33). The highest BCUT2D eigenvalue weighted by molar-refractivity contribution is 5.92. The second-order valence-corrected chi connectivity index (χ2v) is 9.83. The summed E-state index contributed by atoms with van der Waals surface area (Å²) in [6, 6.07) is 8.29. The maximum atomic E-state index is 12.6. The molecule has 8 nitrogen and oxygen atoms in total. The molecule has 5 rings (SSSR count). The number of nitrogens with zero attached hydrogens (tertiary/aromatic N) is 4. The van der Waals surface area contributed by atoms with E-state index in [9.17, 15) is 4.79 Å². The van der Waals surface area contributed by atoms with E-state index >= 15 is 0 Å². The van der Waals surface area contributed by atoms with Gasteiger partial charge in [0.05, 0.1) is 24.4 Å². The van der Waals surface area contributed by atoms with E-state index in [1.54, 1.807) is 6.33 Å². The topological polar surface area (TPSA) is 94.6 Å². The smallest absolute Gasteiger partial charge is 0.273 e. The maximum absolute atomic E-state index is 12.6. The van der Waals surface area contributed by atoms with Crippen molar-refractivity contribution in [2.75, 3.05) is 13.2 Å². The molecule has 0 saturated carbocycles. The summed E-state index contributed by atoms with van der Waals surface area (Å²) < 4.78 is 12.8. The zero-order chi connectivity index (χ0) is 24.6. The fraction of sp³-hybridized carbons (Fsp3) is 0.333. The third-order valence-corrected chi connectivity index (χ3v) is 6.17. The number of hydrogen-bond acceptors (Lipinski definition) is 6. The molecule has 0 saturated heterocycles. The lowest BCUT2D eigenvalue weighted by molar-refractivity contribution is 0.0946. The van der Waals surface area contributed by atoms with Gasteiger partial charge in [0.15, 0.2) is 11.6 Å². The van der Waals surface area contributed by atoms with Gasteiger partial charge in [-0.25, -0.2) is 14.5 Å².